The maximum Gasteiger partial charge on any atom is 0.250 e. The number of halogens is 2. The lowest BCUT2D eigenvalue weighted by Gasteiger charge is -2.29. The van der Waals surface area contributed by atoms with Crippen LogP contribution in [0.2, 0.25) is 10.0 Å². The molecule has 9 heteroatoms. The average Bonchev–Trinajstić information content (AvgIpc) is 3.32. The zero-order valence-electron chi connectivity index (χ0n) is 16.5. The lowest BCUT2D eigenvalue weighted by atomic mass is 9.76. The first-order chi connectivity index (χ1) is 14.9. The number of anilines is 2. The molecule has 1 spiro atoms. The van der Waals surface area contributed by atoms with Gasteiger partial charge in [0.25, 0.3) is 0 Å². The standard InChI is InChI=1S/C22H19Cl2N3O3S/c1-31-9-8-15-17-18(22(26-15)12-4-2-3-5-14(12)25-21(22)30)20(29)27(19(17)28)16-7-6-11(23)10-13(16)24/h2-7,10,15,17-18,26H,8-9H2,1H3,(H,25,30)/t15-,17+,18-,22-/m0/s1. The topological polar surface area (TPSA) is 78.5 Å². The molecule has 31 heavy (non-hydrogen) atoms. The summed E-state index contributed by atoms with van der Waals surface area (Å²) in [5, 5.41) is 6.94. The van der Waals surface area contributed by atoms with Crippen LogP contribution < -0.4 is 15.5 Å². The van der Waals surface area contributed by atoms with Gasteiger partial charge in [-0.05, 0) is 42.7 Å². The first-order valence-electron chi connectivity index (χ1n) is 9.90. The number of fused-ring (bicyclic) bond motifs is 4. The molecule has 3 aliphatic heterocycles. The molecule has 0 unspecified atom stereocenters. The summed E-state index contributed by atoms with van der Waals surface area (Å²) in [6.45, 7) is 0. The summed E-state index contributed by atoms with van der Waals surface area (Å²) in [7, 11) is 0. The molecular weight excluding hydrogens is 457 g/mol. The van der Waals surface area contributed by atoms with Crippen LogP contribution in [-0.4, -0.2) is 35.8 Å². The fraction of sp³-hybridized carbons (Fsp3) is 0.318. The monoisotopic (exact) mass is 475 g/mol. The molecule has 5 rings (SSSR count). The number of thioether (sulfide) groups is 1. The molecule has 2 aromatic rings. The van der Waals surface area contributed by atoms with Crippen LogP contribution in [0.25, 0.3) is 0 Å². The quantitative estimate of drug-likeness (QED) is 0.659. The Balaban J connectivity index is 1.66. The molecule has 0 aliphatic carbocycles. The number of rotatable bonds is 4. The number of benzene rings is 2. The van der Waals surface area contributed by atoms with E-state index in [1.807, 2.05) is 30.5 Å². The number of hydrogen-bond acceptors (Lipinski definition) is 5. The molecule has 0 radical (unpaired) electrons. The molecule has 0 bridgehead atoms. The van der Waals surface area contributed by atoms with Gasteiger partial charge in [0.15, 0.2) is 0 Å². The van der Waals surface area contributed by atoms with Crippen LogP contribution in [-0.2, 0) is 19.9 Å². The lowest BCUT2D eigenvalue weighted by Crippen LogP contribution is -2.53. The number of hydrogen-bond donors (Lipinski definition) is 2. The number of carbonyl (C=O) groups is 3. The van der Waals surface area contributed by atoms with Crippen LogP contribution in [0, 0.1) is 11.8 Å². The minimum Gasteiger partial charge on any atom is -0.324 e. The SMILES string of the molecule is CSCC[C@@H]1N[C@]2(C(=O)Nc3ccccc32)[C@@H]2C(=O)N(c3ccc(Cl)cc3Cl)C(=O)[C@H]12. The Labute approximate surface area is 193 Å². The van der Waals surface area contributed by atoms with Crippen molar-refractivity contribution in [3.63, 3.8) is 0 Å². The van der Waals surface area contributed by atoms with Gasteiger partial charge in [0.1, 0.15) is 5.54 Å². The summed E-state index contributed by atoms with van der Waals surface area (Å²) in [6, 6.07) is 11.7. The first-order valence-corrected chi connectivity index (χ1v) is 12.1. The third-order valence-electron chi connectivity index (χ3n) is 6.41. The van der Waals surface area contributed by atoms with Gasteiger partial charge >= 0.3 is 0 Å². The Morgan fingerprint density at radius 1 is 1.10 bits per heavy atom. The van der Waals surface area contributed by atoms with Crippen molar-refractivity contribution >= 4 is 64.1 Å². The van der Waals surface area contributed by atoms with E-state index >= 15 is 0 Å². The molecule has 4 atom stereocenters. The van der Waals surface area contributed by atoms with Crippen LogP contribution in [0.15, 0.2) is 42.5 Å². The van der Waals surface area contributed by atoms with Crippen molar-refractivity contribution in [1.82, 2.24) is 5.32 Å². The van der Waals surface area contributed by atoms with E-state index in [0.29, 0.717) is 28.4 Å². The second kappa shape index (κ2) is 7.52. The zero-order chi connectivity index (χ0) is 21.9. The summed E-state index contributed by atoms with van der Waals surface area (Å²) in [6.07, 6.45) is 2.64. The van der Waals surface area contributed by atoms with E-state index in [4.69, 9.17) is 23.2 Å². The Kier molecular flexibility index (Phi) is 5.05. The van der Waals surface area contributed by atoms with Gasteiger partial charge in [0.2, 0.25) is 17.7 Å². The number of nitrogens with zero attached hydrogens (tertiary/aromatic N) is 1. The predicted octanol–water partition coefficient (Wildman–Crippen LogP) is 3.67. The van der Waals surface area contributed by atoms with Gasteiger partial charge in [-0.3, -0.25) is 19.7 Å². The Bertz CT molecular complexity index is 1130. The minimum atomic E-state index is -1.29. The highest BCUT2D eigenvalue weighted by Gasteiger charge is 2.70. The van der Waals surface area contributed by atoms with Crippen LogP contribution in [0.1, 0.15) is 12.0 Å². The van der Waals surface area contributed by atoms with Crippen molar-refractivity contribution < 1.29 is 14.4 Å². The van der Waals surface area contributed by atoms with Gasteiger partial charge in [-0.25, -0.2) is 4.90 Å². The molecule has 0 aromatic heterocycles. The van der Waals surface area contributed by atoms with Crippen molar-refractivity contribution in [2.75, 3.05) is 22.2 Å². The van der Waals surface area contributed by atoms with Gasteiger partial charge in [0, 0.05) is 22.3 Å². The Hall–Kier alpha value is -2.06. The van der Waals surface area contributed by atoms with Crippen LogP contribution in [0.5, 0.6) is 0 Å². The minimum absolute atomic E-state index is 0.216. The maximum atomic E-state index is 13.8. The van der Waals surface area contributed by atoms with Gasteiger partial charge in [-0.15, -0.1) is 0 Å². The first kappa shape index (κ1) is 20.8. The van der Waals surface area contributed by atoms with Crippen molar-refractivity contribution in [2.24, 2.45) is 11.8 Å². The summed E-state index contributed by atoms with van der Waals surface area (Å²) in [5.74, 6) is -1.80. The van der Waals surface area contributed by atoms with E-state index in [2.05, 4.69) is 10.6 Å². The molecule has 3 amide bonds. The highest BCUT2D eigenvalue weighted by molar-refractivity contribution is 7.98. The maximum absolute atomic E-state index is 13.8. The second-order valence-electron chi connectivity index (χ2n) is 7.95. The highest BCUT2D eigenvalue weighted by atomic mass is 35.5. The largest absolute Gasteiger partial charge is 0.324 e. The Morgan fingerprint density at radius 3 is 2.61 bits per heavy atom. The molecule has 160 valence electrons. The molecule has 3 aliphatic rings. The molecule has 3 heterocycles. The number of carbonyl (C=O) groups excluding carboxylic acids is 3. The summed E-state index contributed by atoms with van der Waals surface area (Å²) >= 11 is 14.0. The van der Waals surface area contributed by atoms with Crippen molar-refractivity contribution in [3.05, 3.63) is 58.1 Å². The predicted molar refractivity (Wildman–Crippen MR) is 123 cm³/mol. The van der Waals surface area contributed by atoms with E-state index in [0.717, 1.165) is 10.7 Å². The summed E-state index contributed by atoms with van der Waals surface area (Å²) in [4.78, 5) is 41.8. The van der Waals surface area contributed by atoms with E-state index in [1.54, 1.807) is 23.9 Å². The van der Waals surface area contributed by atoms with Crippen molar-refractivity contribution in [2.45, 2.75) is 18.0 Å². The van der Waals surface area contributed by atoms with Gasteiger partial charge in [-0.2, -0.15) is 11.8 Å². The molecule has 2 N–H and O–H groups in total. The van der Waals surface area contributed by atoms with Gasteiger partial charge in [-0.1, -0.05) is 41.4 Å². The van der Waals surface area contributed by atoms with Crippen LogP contribution in [0.3, 0.4) is 0 Å². The summed E-state index contributed by atoms with van der Waals surface area (Å²) < 4.78 is 0. The average molecular weight is 476 g/mol. The molecule has 0 saturated carbocycles. The summed E-state index contributed by atoms with van der Waals surface area (Å²) in [5.41, 5.74) is 0.366. The lowest BCUT2D eigenvalue weighted by molar-refractivity contribution is -0.130. The van der Waals surface area contributed by atoms with Gasteiger partial charge < -0.3 is 5.32 Å². The Morgan fingerprint density at radius 2 is 1.87 bits per heavy atom. The second-order valence-corrected chi connectivity index (χ2v) is 9.78. The molecule has 2 fully saturated rings. The van der Waals surface area contributed by atoms with Crippen molar-refractivity contribution in [3.8, 4) is 0 Å². The molecule has 6 nitrogen and oxygen atoms in total. The van der Waals surface area contributed by atoms with E-state index < -0.39 is 23.3 Å². The van der Waals surface area contributed by atoms with E-state index in [1.165, 1.54) is 6.07 Å². The fourth-order valence-corrected chi connectivity index (χ4v) is 6.13. The van der Waals surface area contributed by atoms with Gasteiger partial charge in [0.05, 0.1) is 22.5 Å². The third kappa shape index (κ3) is 2.87. The van der Waals surface area contributed by atoms with E-state index in [9.17, 15) is 14.4 Å². The van der Waals surface area contributed by atoms with Crippen molar-refractivity contribution in [1.29, 1.82) is 0 Å². The number of imide groups is 1. The molecule has 2 saturated heterocycles. The smallest absolute Gasteiger partial charge is 0.250 e. The fourth-order valence-electron chi connectivity index (χ4n) is 5.15. The van der Waals surface area contributed by atoms with E-state index in [-0.39, 0.29) is 22.9 Å². The number of amides is 3. The van der Waals surface area contributed by atoms with Crippen LogP contribution >= 0.6 is 35.0 Å². The number of para-hydroxylation sites is 1. The normalized spacial score (nSPS) is 28.9. The third-order valence-corrected chi connectivity index (χ3v) is 7.59. The number of nitrogens with one attached hydrogen (secondary N) is 2. The zero-order valence-corrected chi connectivity index (χ0v) is 18.9. The molecule has 2 aromatic carbocycles. The highest BCUT2D eigenvalue weighted by Crippen LogP contribution is 2.54. The molecular formula is C22H19Cl2N3O3S. The van der Waals surface area contributed by atoms with Crippen LogP contribution in [0.4, 0.5) is 11.4 Å².